The molecule has 0 aromatic heterocycles. The standard InChI is InChI=1S/C15H27NO4/c1-10(2)16(7)12(17)15(5,6)9-14(3,4)11-8-19-13(18)20-11/h10-11H,8-9H2,1-7H3. The summed E-state index contributed by atoms with van der Waals surface area (Å²) in [4.78, 5) is 25.4. The molecule has 20 heavy (non-hydrogen) atoms. The second kappa shape index (κ2) is 5.62. The number of rotatable bonds is 5. The van der Waals surface area contributed by atoms with Crippen molar-refractivity contribution in [1.82, 2.24) is 4.90 Å². The molecule has 0 N–H and O–H groups in total. The van der Waals surface area contributed by atoms with Crippen molar-refractivity contribution in [2.45, 2.75) is 60.1 Å². The number of hydrogen-bond acceptors (Lipinski definition) is 4. The Balaban J connectivity index is 2.78. The van der Waals surface area contributed by atoms with Crippen LogP contribution in [0.1, 0.15) is 48.0 Å². The molecule has 1 heterocycles. The molecule has 0 radical (unpaired) electrons. The van der Waals surface area contributed by atoms with Crippen molar-refractivity contribution in [3.63, 3.8) is 0 Å². The van der Waals surface area contributed by atoms with Crippen LogP contribution >= 0.6 is 0 Å². The van der Waals surface area contributed by atoms with Gasteiger partial charge in [-0.1, -0.05) is 27.7 Å². The summed E-state index contributed by atoms with van der Waals surface area (Å²) in [6.07, 6.45) is -0.296. The molecule has 0 spiro atoms. The summed E-state index contributed by atoms with van der Waals surface area (Å²) >= 11 is 0. The van der Waals surface area contributed by atoms with Gasteiger partial charge in [0.05, 0.1) is 0 Å². The first kappa shape index (κ1) is 16.8. The molecular formula is C15H27NO4. The molecule has 5 heteroatoms. The topological polar surface area (TPSA) is 55.8 Å². The Morgan fingerprint density at radius 1 is 1.35 bits per heavy atom. The Bertz CT molecular complexity index is 387. The van der Waals surface area contributed by atoms with E-state index in [9.17, 15) is 9.59 Å². The quantitative estimate of drug-likeness (QED) is 0.729. The Morgan fingerprint density at radius 2 is 1.90 bits per heavy atom. The summed E-state index contributed by atoms with van der Waals surface area (Å²) in [5.74, 6) is 0.103. The zero-order valence-corrected chi connectivity index (χ0v) is 13.6. The van der Waals surface area contributed by atoms with Crippen molar-refractivity contribution in [2.24, 2.45) is 10.8 Å². The number of nitrogens with zero attached hydrogens (tertiary/aromatic N) is 1. The first-order chi connectivity index (χ1) is 8.97. The van der Waals surface area contributed by atoms with E-state index in [-0.39, 0.29) is 30.1 Å². The predicted octanol–water partition coefficient (Wildman–Crippen LogP) is 2.83. The summed E-state index contributed by atoms with van der Waals surface area (Å²) in [6, 6.07) is 0.164. The number of ether oxygens (including phenoxy) is 2. The van der Waals surface area contributed by atoms with Crippen LogP contribution in [0.25, 0.3) is 0 Å². The first-order valence-electron chi connectivity index (χ1n) is 7.08. The molecule has 1 rings (SSSR count). The Labute approximate surface area is 121 Å². The lowest BCUT2D eigenvalue weighted by Gasteiger charge is -2.38. The normalized spacial score (nSPS) is 19.8. The van der Waals surface area contributed by atoms with E-state index < -0.39 is 11.6 Å². The van der Waals surface area contributed by atoms with Crippen molar-refractivity contribution < 1.29 is 19.1 Å². The SMILES string of the molecule is CC(C)N(C)C(=O)C(C)(C)CC(C)(C)C1COC(=O)O1. The zero-order chi connectivity index (χ0) is 15.7. The molecular weight excluding hydrogens is 258 g/mol. The fourth-order valence-electron chi connectivity index (χ4n) is 2.75. The third-order valence-corrected chi connectivity index (χ3v) is 4.03. The van der Waals surface area contributed by atoms with Crippen LogP contribution in [0, 0.1) is 10.8 Å². The highest BCUT2D eigenvalue weighted by atomic mass is 16.8. The van der Waals surface area contributed by atoms with Gasteiger partial charge >= 0.3 is 6.16 Å². The predicted molar refractivity (Wildman–Crippen MR) is 76.3 cm³/mol. The number of carbonyl (C=O) groups is 2. The van der Waals surface area contributed by atoms with Crippen LogP contribution in [0.15, 0.2) is 0 Å². The lowest BCUT2D eigenvalue weighted by molar-refractivity contribution is -0.143. The molecule has 0 aromatic carbocycles. The van der Waals surface area contributed by atoms with E-state index in [2.05, 4.69) is 0 Å². The molecule has 0 aromatic rings. The van der Waals surface area contributed by atoms with Gasteiger partial charge in [0.1, 0.15) is 12.7 Å². The Hall–Kier alpha value is -1.26. The molecule has 1 aliphatic rings. The van der Waals surface area contributed by atoms with Crippen molar-refractivity contribution in [3.05, 3.63) is 0 Å². The van der Waals surface area contributed by atoms with Gasteiger partial charge in [-0.3, -0.25) is 4.79 Å². The highest BCUT2D eigenvalue weighted by Gasteiger charge is 2.44. The maximum absolute atomic E-state index is 12.6. The van der Waals surface area contributed by atoms with Crippen LogP contribution in [0.2, 0.25) is 0 Å². The number of hydrogen-bond donors (Lipinski definition) is 0. The maximum atomic E-state index is 12.6. The molecule has 1 saturated heterocycles. The Kier molecular flexibility index (Phi) is 4.72. The third-order valence-electron chi connectivity index (χ3n) is 4.03. The molecule has 1 unspecified atom stereocenters. The van der Waals surface area contributed by atoms with E-state index in [1.54, 1.807) is 4.90 Å². The first-order valence-corrected chi connectivity index (χ1v) is 7.08. The van der Waals surface area contributed by atoms with Gasteiger partial charge in [-0.15, -0.1) is 0 Å². The van der Waals surface area contributed by atoms with E-state index in [0.717, 1.165) is 0 Å². The Morgan fingerprint density at radius 3 is 2.30 bits per heavy atom. The van der Waals surface area contributed by atoms with Crippen LogP contribution in [0.4, 0.5) is 4.79 Å². The van der Waals surface area contributed by atoms with Gasteiger partial charge < -0.3 is 14.4 Å². The van der Waals surface area contributed by atoms with E-state index in [1.807, 2.05) is 48.6 Å². The minimum absolute atomic E-state index is 0.103. The largest absolute Gasteiger partial charge is 0.508 e. The van der Waals surface area contributed by atoms with Gasteiger partial charge in [0.2, 0.25) is 5.91 Å². The van der Waals surface area contributed by atoms with Gasteiger partial charge in [-0.2, -0.15) is 0 Å². The van der Waals surface area contributed by atoms with Crippen LogP contribution in [-0.4, -0.2) is 42.8 Å². The molecule has 116 valence electrons. The van der Waals surface area contributed by atoms with Crippen LogP contribution < -0.4 is 0 Å². The molecule has 0 bridgehead atoms. The number of carbonyl (C=O) groups excluding carboxylic acids is 2. The average molecular weight is 285 g/mol. The highest BCUT2D eigenvalue weighted by molar-refractivity contribution is 5.82. The monoisotopic (exact) mass is 285 g/mol. The second-order valence-electron chi connectivity index (χ2n) is 7.23. The fourth-order valence-corrected chi connectivity index (χ4v) is 2.75. The average Bonchev–Trinajstić information content (AvgIpc) is 2.73. The molecule has 0 aliphatic carbocycles. The molecule has 5 nitrogen and oxygen atoms in total. The summed E-state index contributed by atoms with van der Waals surface area (Å²) < 4.78 is 10.0. The molecule has 1 aliphatic heterocycles. The molecule has 1 amide bonds. The summed E-state index contributed by atoms with van der Waals surface area (Å²) in [7, 11) is 1.82. The van der Waals surface area contributed by atoms with Crippen molar-refractivity contribution in [2.75, 3.05) is 13.7 Å². The number of cyclic esters (lactones) is 2. The van der Waals surface area contributed by atoms with E-state index in [4.69, 9.17) is 9.47 Å². The summed E-state index contributed by atoms with van der Waals surface area (Å²) in [5.41, 5.74) is -0.833. The van der Waals surface area contributed by atoms with Crippen LogP contribution in [-0.2, 0) is 14.3 Å². The van der Waals surface area contributed by atoms with Gasteiger partial charge in [0.25, 0.3) is 0 Å². The zero-order valence-electron chi connectivity index (χ0n) is 13.6. The van der Waals surface area contributed by atoms with Gasteiger partial charge in [-0.25, -0.2) is 4.79 Å². The molecule has 1 atom stereocenters. The van der Waals surface area contributed by atoms with E-state index in [1.165, 1.54) is 0 Å². The van der Waals surface area contributed by atoms with Gasteiger partial charge in [0, 0.05) is 23.9 Å². The smallest absolute Gasteiger partial charge is 0.430 e. The van der Waals surface area contributed by atoms with Gasteiger partial charge in [0.15, 0.2) is 0 Å². The minimum atomic E-state index is -0.619. The van der Waals surface area contributed by atoms with Crippen molar-refractivity contribution in [3.8, 4) is 0 Å². The lowest BCUT2D eigenvalue weighted by atomic mass is 9.71. The van der Waals surface area contributed by atoms with Crippen molar-refractivity contribution >= 4 is 12.1 Å². The maximum Gasteiger partial charge on any atom is 0.508 e. The summed E-state index contributed by atoms with van der Waals surface area (Å²) in [6.45, 7) is 12.1. The molecule has 1 fully saturated rings. The molecule has 0 saturated carbocycles. The number of amides is 1. The van der Waals surface area contributed by atoms with Crippen molar-refractivity contribution in [1.29, 1.82) is 0 Å². The fraction of sp³-hybridized carbons (Fsp3) is 0.867. The lowest BCUT2D eigenvalue weighted by Crippen LogP contribution is -2.46. The second-order valence-corrected chi connectivity index (χ2v) is 7.23. The van der Waals surface area contributed by atoms with E-state index in [0.29, 0.717) is 6.42 Å². The summed E-state index contributed by atoms with van der Waals surface area (Å²) in [5, 5.41) is 0. The van der Waals surface area contributed by atoms with Crippen LogP contribution in [0.5, 0.6) is 0 Å². The van der Waals surface area contributed by atoms with E-state index >= 15 is 0 Å². The van der Waals surface area contributed by atoms with Crippen LogP contribution in [0.3, 0.4) is 0 Å². The minimum Gasteiger partial charge on any atom is -0.430 e. The highest BCUT2D eigenvalue weighted by Crippen LogP contribution is 2.40. The van der Waals surface area contributed by atoms with Gasteiger partial charge in [-0.05, 0) is 20.3 Å². The third kappa shape index (κ3) is 3.64.